The summed E-state index contributed by atoms with van der Waals surface area (Å²) in [5, 5.41) is 13.9. The number of benzene rings is 1. The maximum atomic E-state index is 12.0. The van der Waals surface area contributed by atoms with Crippen molar-refractivity contribution in [1.29, 1.82) is 0 Å². The summed E-state index contributed by atoms with van der Waals surface area (Å²) in [6.07, 6.45) is -0.703. The quantitative estimate of drug-likeness (QED) is 0.375. The SMILES string of the molecule is Cc1ccc([C@H](NC(=O)OC(C)(C)C)[C@](C)(Br)[N+](=O)[O-])cc1. The van der Waals surface area contributed by atoms with Gasteiger partial charge >= 0.3 is 6.09 Å². The smallest absolute Gasteiger partial charge is 0.408 e. The zero-order valence-electron chi connectivity index (χ0n) is 13.3. The minimum atomic E-state index is -1.56. The second-order valence-electron chi connectivity index (χ2n) is 6.27. The molecule has 0 heterocycles. The molecule has 0 unspecified atom stereocenters. The van der Waals surface area contributed by atoms with Crippen LogP contribution in [0.1, 0.15) is 44.9 Å². The Morgan fingerprint density at radius 3 is 2.18 bits per heavy atom. The maximum absolute atomic E-state index is 12.0. The van der Waals surface area contributed by atoms with Gasteiger partial charge in [0, 0.05) is 27.8 Å². The van der Waals surface area contributed by atoms with E-state index < -0.39 is 27.1 Å². The van der Waals surface area contributed by atoms with Crippen LogP contribution < -0.4 is 5.32 Å². The summed E-state index contributed by atoms with van der Waals surface area (Å²) in [5.41, 5.74) is 0.962. The maximum Gasteiger partial charge on any atom is 0.408 e. The average molecular weight is 373 g/mol. The average Bonchev–Trinajstić information content (AvgIpc) is 2.34. The normalized spacial score (nSPS) is 15.5. The van der Waals surface area contributed by atoms with Crippen LogP contribution in [0.4, 0.5) is 4.79 Å². The van der Waals surface area contributed by atoms with Gasteiger partial charge < -0.3 is 10.1 Å². The van der Waals surface area contributed by atoms with Crippen LogP contribution in [0.25, 0.3) is 0 Å². The minimum Gasteiger partial charge on any atom is -0.444 e. The predicted octanol–water partition coefficient (Wildman–Crippen LogP) is 3.95. The third-order valence-electron chi connectivity index (χ3n) is 2.96. The molecule has 1 rings (SSSR count). The van der Waals surface area contributed by atoms with E-state index in [-0.39, 0.29) is 0 Å². The molecule has 0 aromatic heterocycles. The monoisotopic (exact) mass is 372 g/mol. The fourth-order valence-corrected chi connectivity index (χ4v) is 2.19. The van der Waals surface area contributed by atoms with E-state index in [2.05, 4.69) is 21.2 Å². The van der Waals surface area contributed by atoms with Gasteiger partial charge in [0.05, 0.1) is 0 Å². The Bertz CT molecular complexity index is 550. The summed E-state index contributed by atoms with van der Waals surface area (Å²) < 4.78 is 3.64. The molecule has 122 valence electrons. The first-order valence-electron chi connectivity index (χ1n) is 6.83. The Kier molecular flexibility index (Phi) is 5.56. The number of alkyl carbamates (subject to hydrolysis) is 1. The zero-order chi connectivity index (χ0) is 17.1. The summed E-state index contributed by atoms with van der Waals surface area (Å²) in [6.45, 7) is 8.51. The molecule has 6 nitrogen and oxygen atoms in total. The topological polar surface area (TPSA) is 81.5 Å². The largest absolute Gasteiger partial charge is 0.444 e. The van der Waals surface area contributed by atoms with Crippen molar-refractivity contribution < 1.29 is 14.5 Å². The number of amides is 1. The van der Waals surface area contributed by atoms with E-state index in [1.807, 2.05) is 19.1 Å². The second-order valence-corrected chi connectivity index (χ2v) is 7.88. The first-order chi connectivity index (χ1) is 9.93. The van der Waals surface area contributed by atoms with Crippen molar-refractivity contribution in [3.8, 4) is 0 Å². The van der Waals surface area contributed by atoms with Crippen LogP contribution in [0.15, 0.2) is 24.3 Å². The van der Waals surface area contributed by atoms with Crippen LogP contribution in [0.3, 0.4) is 0 Å². The molecular formula is C15H21BrN2O4. The predicted molar refractivity (Wildman–Crippen MR) is 87.6 cm³/mol. The van der Waals surface area contributed by atoms with Gasteiger partial charge in [-0.3, -0.25) is 10.1 Å². The van der Waals surface area contributed by atoms with Gasteiger partial charge in [-0.25, -0.2) is 4.79 Å². The summed E-state index contributed by atoms with van der Waals surface area (Å²) in [6, 6.07) is 6.29. The molecule has 0 aliphatic rings. The molecule has 7 heteroatoms. The third-order valence-corrected chi connectivity index (χ3v) is 3.70. The number of nitro groups is 1. The van der Waals surface area contributed by atoms with E-state index in [0.29, 0.717) is 5.56 Å². The van der Waals surface area contributed by atoms with Crippen molar-refractivity contribution in [2.24, 2.45) is 0 Å². The number of ether oxygens (including phenoxy) is 1. The van der Waals surface area contributed by atoms with Crippen molar-refractivity contribution in [3.05, 3.63) is 45.5 Å². The lowest BCUT2D eigenvalue weighted by Gasteiger charge is -2.28. The van der Waals surface area contributed by atoms with E-state index in [1.165, 1.54) is 6.92 Å². The molecule has 0 bridgehead atoms. The molecule has 0 aliphatic heterocycles. The number of carbonyl (C=O) groups excluding carboxylic acids is 1. The van der Waals surface area contributed by atoms with E-state index in [4.69, 9.17) is 4.74 Å². The fraction of sp³-hybridized carbons (Fsp3) is 0.533. The molecule has 0 saturated heterocycles. The van der Waals surface area contributed by atoms with E-state index in [0.717, 1.165) is 5.56 Å². The number of carbonyl (C=O) groups is 1. The minimum absolute atomic E-state index is 0.477. The van der Waals surface area contributed by atoms with Crippen molar-refractivity contribution >= 4 is 22.0 Å². The molecule has 0 spiro atoms. The van der Waals surface area contributed by atoms with Crippen molar-refractivity contribution in [2.45, 2.75) is 50.7 Å². The molecule has 0 radical (unpaired) electrons. The van der Waals surface area contributed by atoms with Crippen molar-refractivity contribution in [3.63, 3.8) is 0 Å². The van der Waals surface area contributed by atoms with Gasteiger partial charge in [-0.15, -0.1) is 0 Å². The lowest BCUT2D eigenvalue weighted by Crippen LogP contribution is -2.46. The lowest BCUT2D eigenvalue weighted by atomic mass is 9.99. The number of hydrogen-bond donors (Lipinski definition) is 1. The highest BCUT2D eigenvalue weighted by Gasteiger charge is 2.45. The van der Waals surface area contributed by atoms with Crippen molar-refractivity contribution in [1.82, 2.24) is 5.32 Å². The van der Waals surface area contributed by atoms with Crippen LogP contribution in [-0.2, 0) is 4.74 Å². The standard InChI is InChI=1S/C15H21BrN2O4/c1-10-6-8-11(9-7-10)12(15(5,16)18(20)21)17-13(19)22-14(2,3)4/h6-9,12H,1-5H3,(H,17,19)/t12-,15+/m0/s1. The van der Waals surface area contributed by atoms with Crippen LogP contribution in [-0.4, -0.2) is 21.1 Å². The molecule has 2 atom stereocenters. The Morgan fingerprint density at radius 1 is 1.27 bits per heavy atom. The number of halogens is 1. The molecule has 22 heavy (non-hydrogen) atoms. The van der Waals surface area contributed by atoms with Gasteiger partial charge in [0.15, 0.2) is 0 Å². The summed E-state index contributed by atoms with van der Waals surface area (Å²) in [7, 11) is 0. The number of rotatable bonds is 4. The first-order valence-corrected chi connectivity index (χ1v) is 7.62. The number of hydrogen-bond acceptors (Lipinski definition) is 4. The van der Waals surface area contributed by atoms with Gasteiger partial charge in [-0.2, -0.15) is 0 Å². The molecule has 0 saturated carbocycles. The van der Waals surface area contributed by atoms with Crippen LogP contribution in [0.5, 0.6) is 0 Å². The fourth-order valence-electron chi connectivity index (χ4n) is 1.81. The van der Waals surface area contributed by atoms with E-state index in [9.17, 15) is 14.9 Å². The summed E-state index contributed by atoms with van der Waals surface area (Å²) in [5.74, 6) is 0. The number of nitrogens with zero attached hydrogens (tertiary/aromatic N) is 1. The highest BCUT2D eigenvalue weighted by atomic mass is 79.9. The molecule has 1 aromatic carbocycles. The summed E-state index contributed by atoms with van der Waals surface area (Å²) in [4.78, 5) is 22.9. The third kappa shape index (κ3) is 4.98. The van der Waals surface area contributed by atoms with Crippen LogP contribution >= 0.6 is 15.9 Å². The first kappa shape index (κ1) is 18.4. The lowest BCUT2D eigenvalue weighted by molar-refractivity contribution is -0.536. The van der Waals surface area contributed by atoms with Gasteiger partial charge in [-0.05, 0) is 33.3 Å². The molecule has 1 N–H and O–H groups in total. The number of alkyl halides is 1. The van der Waals surface area contributed by atoms with E-state index in [1.54, 1.807) is 32.9 Å². The highest BCUT2D eigenvalue weighted by molar-refractivity contribution is 9.10. The number of aryl methyl sites for hydroxylation is 1. The van der Waals surface area contributed by atoms with Gasteiger partial charge in [-0.1, -0.05) is 29.8 Å². The molecule has 0 fully saturated rings. The zero-order valence-corrected chi connectivity index (χ0v) is 14.9. The second kappa shape index (κ2) is 6.64. The van der Waals surface area contributed by atoms with Gasteiger partial charge in [0.2, 0.25) is 0 Å². The van der Waals surface area contributed by atoms with Gasteiger partial charge in [0.25, 0.3) is 4.45 Å². The Morgan fingerprint density at radius 2 is 1.77 bits per heavy atom. The molecule has 1 amide bonds. The van der Waals surface area contributed by atoms with Crippen LogP contribution in [0.2, 0.25) is 0 Å². The molecular weight excluding hydrogens is 352 g/mol. The summed E-state index contributed by atoms with van der Waals surface area (Å²) >= 11 is 3.11. The Labute approximate surface area is 138 Å². The Balaban J connectivity index is 3.10. The number of nitrogens with one attached hydrogen (secondary N) is 1. The van der Waals surface area contributed by atoms with E-state index >= 15 is 0 Å². The Hall–Kier alpha value is -1.63. The van der Waals surface area contributed by atoms with Gasteiger partial charge in [0.1, 0.15) is 11.6 Å². The molecule has 0 aliphatic carbocycles. The highest BCUT2D eigenvalue weighted by Crippen LogP contribution is 2.34. The molecule has 1 aromatic rings. The van der Waals surface area contributed by atoms with Crippen LogP contribution in [0, 0.1) is 17.0 Å². The van der Waals surface area contributed by atoms with Crippen molar-refractivity contribution in [2.75, 3.05) is 0 Å².